The van der Waals surface area contributed by atoms with E-state index in [-0.39, 0.29) is 5.92 Å². The average Bonchev–Trinajstić information content (AvgIpc) is 3.36. The van der Waals surface area contributed by atoms with Gasteiger partial charge in [-0.1, -0.05) is 73.8 Å². The lowest BCUT2D eigenvalue weighted by molar-refractivity contribution is 0.643. The molecule has 0 aliphatic rings. The van der Waals surface area contributed by atoms with Gasteiger partial charge in [-0.2, -0.15) is 20.2 Å². The number of hydrogen-bond acceptors (Lipinski definition) is 6. The highest BCUT2D eigenvalue weighted by molar-refractivity contribution is 5.48. The molecule has 8 nitrogen and oxygen atoms in total. The van der Waals surface area contributed by atoms with Gasteiger partial charge in [0, 0.05) is 0 Å². The highest BCUT2D eigenvalue weighted by atomic mass is 15.4. The van der Waals surface area contributed by atoms with Gasteiger partial charge in [-0.3, -0.25) is 0 Å². The molecule has 0 fully saturated rings. The maximum absolute atomic E-state index is 6.12. The highest BCUT2D eigenvalue weighted by Crippen LogP contribution is 2.21. The third kappa shape index (κ3) is 4.44. The molecule has 0 aliphatic heterocycles. The van der Waals surface area contributed by atoms with Crippen molar-refractivity contribution in [3.63, 3.8) is 0 Å². The van der Waals surface area contributed by atoms with Crippen molar-refractivity contribution in [1.82, 2.24) is 29.5 Å². The summed E-state index contributed by atoms with van der Waals surface area (Å²) in [5.41, 5.74) is 16.5. The topological polar surface area (TPSA) is 113 Å². The van der Waals surface area contributed by atoms with E-state index in [0.29, 0.717) is 36.6 Å². The van der Waals surface area contributed by atoms with Gasteiger partial charge in [0.2, 0.25) is 11.9 Å². The molecule has 162 valence electrons. The van der Waals surface area contributed by atoms with Crippen molar-refractivity contribution in [2.75, 3.05) is 11.5 Å². The molecule has 4 N–H and O–H groups in total. The van der Waals surface area contributed by atoms with Crippen LogP contribution in [-0.4, -0.2) is 29.5 Å². The Kier molecular flexibility index (Phi) is 5.85. The first-order valence-corrected chi connectivity index (χ1v) is 10.3. The van der Waals surface area contributed by atoms with Crippen molar-refractivity contribution in [2.45, 2.75) is 25.9 Å². The highest BCUT2D eigenvalue weighted by Gasteiger charge is 2.21. The van der Waals surface area contributed by atoms with Crippen LogP contribution in [0.1, 0.15) is 46.7 Å². The summed E-state index contributed by atoms with van der Waals surface area (Å²) in [4.78, 5) is 8.87. The van der Waals surface area contributed by atoms with E-state index in [0.717, 1.165) is 22.3 Å². The van der Waals surface area contributed by atoms with E-state index < -0.39 is 0 Å². The molecule has 0 unspecified atom stereocenters. The van der Waals surface area contributed by atoms with Crippen LogP contribution in [0.3, 0.4) is 0 Å². The Morgan fingerprint density at radius 2 is 1.12 bits per heavy atom. The van der Waals surface area contributed by atoms with E-state index in [1.165, 1.54) is 0 Å². The number of nitrogen functional groups attached to an aromatic ring is 2. The van der Waals surface area contributed by atoms with Crippen LogP contribution in [0, 0.1) is 0 Å². The van der Waals surface area contributed by atoms with Crippen molar-refractivity contribution in [2.24, 2.45) is 0 Å². The molecule has 0 amide bonds. The molecule has 4 aromatic rings. The van der Waals surface area contributed by atoms with Gasteiger partial charge in [-0.25, -0.2) is 9.36 Å². The van der Waals surface area contributed by atoms with Crippen LogP contribution in [0.5, 0.6) is 0 Å². The Balaban J connectivity index is 1.50. The monoisotopic (exact) mass is 426 g/mol. The first-order valence-electron chi connectivity index (χ1n) is 10.3. The maximum Gasteiger partial charge on any atom is 0.219 e. The molecule has 2 aromatic heterocycles. The van der Waals surface area contributed by atoms with Crippen molar-refractivity contribution in [3.8, 4) is 0 Å². The minimum atomic E-state index is -0.256. The third-order valence-corrected chi connectivity index (χ3v) is 5.30. The van der Waals surface area contributed by atoms with Crippen LogP contribution in [0.2, 0.25) is 0 Å². The lowest BCUT2D eigenvalue weighted by Crippen LogP contribution is -2.08. The fourth-order valence-electron chi connectivity index (χ4n) is 3.32. The molecule has 0 spiro atoms. The normalized spacial score (nSPS) is 11.1. The average molecular weight is 427 g/mol. The Hall–Kier alpha value is -4.20. The molecule has 4 rings (SSSR count). The molecule has 0 aliphatic carbocycles. The van der Waals surface area contributed by atoms with Crippen LogP contribution < -0.4 is 11.5 Å². The van der Waals surface area contributed by atoms with Gasteiger partial charge in [0.05, 0.1) is 19.0 Å². The quantitative estimate of drug-likeness (QED) is 0.445. The van der Waals surface area contributed by atoms with Crippen LogP contribution in [0.25, 0.3) is 12.2 Å². The summed E-state index contributed by atoms with van der Waals surface area (Å²) in [6.07, 6.45) is 3.61. The molecule has 0 atom stereocenters. The molecular formula is C24H26N8. The van der Waals surface area contributed by atoms with Gasteiger partial charge in [0.25, 0.3) is 0 Å². The maximum atomic E-state index is 6.12. The van der Waals surface area contributed by atoms with E-state index in [1.54, 1.807) is 9.36 Å². The standard InChI is InChI=1S/C24H26N8/c1-4-17-6-10-19(11-7-17)14-31-23(25)27-21(29-31)16(3)22-28-24(26)32(30-22)15-20-12-8-18(5-2)9-13-20/h4-13,16H,1-2,14-15H2,3H3,(H2,25,27,29)(H2,26,28,30). The number of aromatic nitrogens is 6. The van der Waals surface area contributed by atoms with Crippen molar-refractivity contribution in [1.29, 1.82) is 0 Å². The lowest BCUT2D eigenvalue weighted by Gasteiger charge is -2.05. The van der Waals surface area contributed by atoms with Crippen LogP contribution in [0.15, 0.2) is 61.7 Å². The van der Waals surface area contributed by atoms with Gasteiger partial charge in [-0.05, 0) is 29.2 Å². The molecule has 0 radical (unpaired) electrons. The first-order chi connectivity index (χ1) is 15.5. The molecule has 32 heavy (non-hydrogen) atoms. The summed E-state index contributed by atoms with van der Waals surface area (Å²) >= 11 is 0. The fraction of sp³-hybridized carbons (Fsp3) is 0.167. The summed E-state index contributed by atoms with van der Waals surface area (Å²) in [5, 5.41) is 9.17. The summed E-state index contributed by atoms with van der Waals surface area (Å²) in [7, 11) is 0. The Morgan fingerprint density at radius 3 is 1.47 bits per heavy atom. The molecule has 0 saturated carbocycles. The zero-order chi connectivity index (χ0) is 22.7. The van der Waals surface area contributed by atoms with Crippen molar-refractivity contribution < 1.29 is 0 Å². The number of rotatable bonds is 8. The van der Waals surface area contributed by atoms with Crippen molar-refractivity contribution in [3.05, 3.63) is 95.6 Å². The van der Waals surface area contributed by atoms with E-state index in [9.17, 15) is 0 Å². The minimum Gasteiger partial charge on any atom is -0.368 e. The number of nitrogens with zero attached hydrogens (tertiary/aromatic N) is 6. The number of anilines is 2. The lowest BCUT2D eigenvalue weighted by atomic mass is 10.1. The second-order valence-electron chi connectivity index (χ2n) is 7.58. The van der Waals surface area contributed by atoms with E-state index in [2.05, 4.69) is 33.3 Å². The van der Waals surface area contributed by atoms with Gasteiger partial charge in [0.1, 0.15) is 0 Å². The van der Waals surface area contributed by atoms with Crippen LogP contribution >= 0.6 is 0 Å². The van der Waals surface area contributed by atoms with Crippen LogP contribution in [-0.2, 0) is 13.1 Å². The fourth-order valence-corrected chi connectivity index (χ4v) is 3.32. The summed E-state index contributed by atoms with van der Waals surface area (Å²) in [6, 6.07) is 16.1. The van der Waals surface area contributed by atoms with Crippen molar-refractivity contribution >= 4 is 24.0 Å². The zero-order valence-corrected chi connectivity index (χ0v) is 18.0. The second-order valence-corrected chi connectivity index (χ2v) is 7.58. The Bertz CT molecular complexity index is 1130. The predicted molar refractivity (Wildman–Crippen MR) is 128 cm³/mol. The largest absolute Gasteiger partial charge is 0.368 e. The Labute approximate surface area is 186 Å². The van der Waals surface area contributed by atoms with E-state index in [4.69, 9.17) is 11.5 Å². The molecular weight excluding hydrogens is 400 g/mol. The summed E-state index contributed by atoms with van der Waals surface area (Å²) < 4.78 is 3.35. The number of hydrogen-bond donors (Lipinski definition) is 2. The van der Waals surface area contributed by atoms with Gasteiger partial charge < -0.3 is 11.5 Å². The Morgan fingerprint density at radius 1 is 0.750 bits per heavy atom. The van der Waals surface area contributed by atoms with Crippen LogP contribution in [0.4, 0.5) is 11.9 Å². The molecule has 8 heteroatoms. The predicted octanol–water partition coefficient (Wildman–Crippen LogP) is 3.57. The molecule has 2 aromatic carbocycles. The first kappa shape index (κ1) is 21.0. The van der Waals surface area contributed by atoms with E-state index in [1.807, 2.05) is 67.6 Å². The van der Waals surface area contributed by atoms with Gasteiger partial charge in [0.15, 0.2) is 11.6 Å². The van der Waals surface area contributed by atoms with Gasteiger partial charge >= 0.3 is 0 Å². The van der Waals surface area contributed by atoms with E-state index >= 15 is 0 Å². The molecule has 0 bridgehead atoms. The smallest absolute Gasteiger partial charge is 0.219 e. The minimum absolute atomic E-state index is 0.256. The summed E-state index contributed by atoms with van der Waals surface area (Å²) in [5.74, 6) is 1.53. The number of benzene rings is 2. The zero-order valence-electron chi connectivity index (χ0n) is 18.0. The number of nitrogens with two attached hydrogens (primary N) is 2. The molecule has 0 saturated heterocycles. The second kappa shape index (κ2) is 8.89. The third-order valence-electron chi connectivity index (χ3n) is 5.30. The summed E-state index contributed by atoms with van der Waals surface area (Å²) in [6.45, 7) is 10.5. The van der Waals surface area contributed by atoms with Gasteiger partial charge in [-0.15, -0.1) is 0 Å². The molecule has 2 heterocycles. The SMILES string of the molecule is C=Cc1ccc(Cn2nc(C(C)c3nc(N)n(Cc4ccc(C=C)cc4)n3)nc2N)cc1.